The average Bonchev–Trinajstić information content (AvgIpc) is 2.89. The molecule has 0 saturated heterocycles. The van der Waals surface area contributed by atoms with Crippen LogP contribution >= 0.6 is 15.9 Å². The summed E-state index contributed by atoms with van der Waals surface area (Å²) in [6, 6.07) is 9.91. The molecule has 0 heterocycles. The molecular weight excluding hydrogens is 300 g/mol. The summed E-state index contributed by atoms with van der Waals surface area (Å²) >= 11 is 3.53. The Morgan fingerprint density at radius 2 is 2.11 bits per heavy atom. The van der Waals surface area contributed by atoms with Gasteiger partial charge in [0.15, 0.2) is 0 Å². The predicted molar refractivity (Wildman–Crippen MR) is 85.3 cm³/mol. The largest absolute Gasteiger partial charge is 0.312 e. The van der Waals surface area contributed by atoms with E-state index in [2.05, 4.69) is 64.4 Å². The predicted octanol–water partition coefficient (Wildman–Crippen LogP) is 3.80. The summed E-state index contributed by atoms with van der Waals surface area (Å²) in [5, 5.41) is 3.71. The molecule has 1 aliphatic rings. The van der Waals surface area contributed by atoms with Gasteiger partial charge in [-0.05, 0) is 44.5 Å². The summed E-state index contributed by atoms with van der Waals surface area (Å²) in [7, 11) is 2.21. The highest BCUT2D eigenvalue weighted by molar-refractivity contribution is 9.10. The molecule has 0 amide bonds. The van der Waals surface area contributed by atoms with Crippen molar-refractivity contribution < 1.29 is 0 Å². The second kappa shape index (κ2) is 7.41. The molecule has 0 aromatic heterocycles. The zero-order valence-corrected chi connectivity index (χ0v) is 13.6. The fourth-order valence-corrected chi connectivity index (χ4v) is 3.15. The number of rotatable bonds is 6. The number of likely N-dealkylation sites (N-methyl/N-ethyl adjacent to an activating group) is 1. The van der Waals surface area contributed by atoms with Gasteiger partial charge in [-0.25, -0.2) is 0 Å². The number of hydrogen-bond acceptors (Lipinski definition) is 2. The third-order valence-electron chi connectivity index (χ3n) is 4.13. The van der Waals surface area contributed by atoms with Gasteiger partial charge in [0, 0.05) is 29.6 Å². The normalized spacial score (nSPS) is 18.1. The van der Waals surface area contributed by atoms with E-state index in [0.717, 1.165) is 23.6 Å². The molecule has 1 fully saturated rings. The van der Waals surface area contributed by atoms with E-state index < -0.39 is 0 Å². The van der Waals surface area contributed by atoms with Crippen molar-refractivity contribution in [2.45, 2.75) is 51.2 Å². The Hall–Kier alpha value is -0.380. The molecule has 1 aromatic rings. The lowest BCUT2D eigenvalue weighted by atomic mass is 10.2. The lowest BCUT2D eigenvalue weighted by Crippen LogP contribution is -2.40. The molecule has 2 nitrogen and oxygen atoms in total. The lowest BCUT2D eigenvalue weighted by molar-refractivity contribution is 0.237. The minimum Gasteiger partial charge on any atom is -0.312 e. The zero-order valence-electron chi connectivity index (χ0n) is 12.0. The van der Waals surface area contributed by atoms with Crippen molar-refractivity contribution in [3.8, 4) is 0 Å². The van der Waals surface area contributed by atoms with Crippen molar-refractivity contribution in [3.05, 3.63) is 34.3 Å². The van der Waals surface area contributed by atoms with Gasteiger partial charge in [-0.3, -0.25) is 4.90 Å². The monoisotopic (exact) mass is 324 g/mol. The smallest absolute Gasteiger partial charge is 0.0234 e. The van der Waals surface area contributed by atoms with Crippen LogP contribution in [0.4, 0.5) is 0 Å². The molecule has 0 bridgehead atoms. The van der Waals surface area contributed by atoms with Crippen molar-refractivity contribution in [3.63, 3.8) is 0 Å². The molecule has 1 unspecified atom stereocenters. The molecule has 19 heavy (non-hydrogen) atoms. The fraction of sp³-hybridized carbons (Fsp3) is 0.625. The summed E-state index contributed by atoms with van der Waals surface area (Å²) in [4.78, 5) is 2.42. The van der Waals surface area contributed by atoms with Crippen LogP contribution in [-0.2, 0) is 6.54 Å². The highest BCUT2D eigenvalue weighted by Crippen LogP contribution is 2.18. The standard InChI is InChI=1S/C16H25BrN2/c1-13(11-18-16-8-3-4-9-16)19(2)12-14-6-5-7-15(17)10-14/h5-7,10,13,16,18H,3-4,8-9,11-12H2,1-2H3. The Morgan fingerprint density at radius 1 is 1.37 bits per heavy atom. The number of nitrogens with zero attached hydrogens (tertiary/aromatic N) is 1. The van der Waals surface area contributed by atoms with Gasteiger partial charge in [0.05, 0.1) is 0 Å². The Kier molecular flexibility index (Phi) is 5.86. The Labute approximate surface area is 125 Å². The number of halogens is 1. The van der Waals surface area contributed by atoms with Gasteiger partial charge < -0.3 is 5.32 Å². The highest BCUT2D eigenvalue weighted by atomic mass is 79.9. The summed E-state index contributed by atoms with van der Waals surface area (Å²) in [5.74, 6) is 0. The van der Waals surface area contributed by atoms with Gasteiger partial charge in [-0.15, -0.1) is 0 Å². The van der Waals surface area contributed by atoms with E-state index in [1.165, 1.54) is 31.2 Å². The molecule has 2 rings (SSSR count). The highest BCUT2D eigenvalue weighted by Gasteiger charge is 2.16. The Morgan fingerprint density at radius 3 is 2.79 bits per heavy atom. The number of hydrogen-bond donors (Lipinski definition) is 1. The first-order valence-electron chi connectivity index (χ1n) is 7.33. The van der Waals surface area contributed by atoms with E-state index in [1.807, 2.05) is 0 Å². The van der Waals surface area contributed by atoms with Crippen LogP contribution in [0.1, 0.15) is 38.2 Å². The maximum atomic E-state index is 3.71. The molecule has 1 aromatic carbocycles. The quantitative estimate of drug-likeness (QED) is 0.856. The Balaban J connectivity index is 1.76. The number of benzene rings is 1. The van der Waals surface area contributed by atoms with Crippen LogP contribution in [0.3, 0.4) is 0 Å². The van der Waals surface area contributed by atoms with E-state index >= 15 is 0 Å². The lowest BCUT2D eigenvalue weighted by Gasteiger charge is -2.26. The molecule has 3 heteroatoms. The Bertz CT molecular complexity index is 388. The first kappa shape index (κ1) is 15.0. The van der Waals surface area contributed by atoms with Gasteiger partial charge >= 0.3 is 0 Å². The minimum absolute atomic E-state index is 0.569. The van der Waals surface area contributed by atoms with Gasteiger partial charge in [0.2, 0.25) is 0 Å². The molecular formula is C16H25BrN2. The fourth-order valence-electron chi connectivity index (χ4n) is 2.70. The molecule has 0 radical (unpaired) electrons. The van der Waals surface area contributed by atoms with Gasteiger partial charge in [0.1, 0.15) is 0 Å². The molecule has 1 saturated carbocycles. The molecule has 0 spiro atoms. The first-order valence-corrected chi connectivity index (χ1v) is 8.12. The second-order valence-corrected chi connectivity index (χ2v) is 6.70. The van der Waals surface area contributed by atoms with Gasteiger partial charge in [-0.1, -0.05) is 40.9 Å². The van der Waals surface area contributed by atoms with Crippen molar-refractivity contribution in [2.75, 3.05) is 13.6 Å². The molecule has 0 aliphatic heterocycles. The maximum absolute atomic E-state index is 3.71. The van der Waals surface area contributed by atoms with E-state index in [0.29, 0.717) is 6.04 Å². The first-order chi connectivity index (χ1) is 9.15. The maximum Gasteiger partial charge on any atom is 0.0234 e. The van der Waals surface area contributed by atoms with Crippen LogP contribution in [0.5, 0.6) is 0 Å². The summed E-state index contributed by atoms with van der Waals surface area (Å²) in [6.07, 6.45) is 5.53. The SMILES string of the molecule is CC(CNC1CCCC1)N(C)Cc1cccc(Br)c1. The van der Waals surface area contributed by atoms with Crippen LogP contribution in [0.15, 0.2) is 28.7 Å². The third kappa shape index (κ3) is 4.90. The van der Waals surface area contributed by atoms with Gasteiger partial charge in [0.25, 0.3) is 0 Å². The van der Waals surface area contributed by atoms with Crippen LogP contribution in [0, 0.1) is 0 Å². The molecule has 1 N–H and O–H groups in total. The minimum atomic E-state index is 0.569. The second-order valence-electron chi connectivity index (χ2n) is 5.78. The van der Waals surface area contributed by atoms with Crippen LogP contribution in [0.25, 0.3) is 0 Å². The summed E-state index contributed by atoms with van der Waals surface area (Å²) < 4.78 is 1.16. The van der Waals surface area contributed by atoms with Crippen molar-refractivity contribution in [1.82, 2.24) is 10.2 Å². The van der Waals surface area contributed by atoms with E-state index in [4.69, 9.17) is 0 Å². The van der Waals surface area contributed by atoms with E-state index in [-0.39, 0.29) is 0 Å². The summed E-state index contributed by atoms with van der Waals surface area (Å²) in [5.41, 5.74) is 1.37. The van der Waals surface area contributed by atoms with Crippen LogP contribution in [0.2, 0.25) is 0 Å². The van der Waals surface area contributed by atoms with Crippen LogP contribution < -0.4 is 5.32 Å². The van der Waals surface area contributed by atoms with E-state index in [9.17, 15) is 0 Å². The molecule has 1 atom stereocenters. The van der Waals surface area contributed by atoms with Gasteiger partial charge in [-0.2, -0.15) is 0 Å². The van der Waals surface area contributed by atoms with Crippen molar-refractivity contribution in [2.24, 2.45) is 0 Å². The molecule has 106 valence electrons. The third-order valence-corrected chi connectivity index (χ3v) is 4.62. The summed E-state index contributed by atoms with van der Waals surface area (Å²) in [6.45, 7) is 4.40. The van der Waals surface area contributed by atoms with E-state index in [1.54, 1.807) is 0 Å². The average molecular weight is 325 g/mol. The molecule has 1 aliphatic carbocycles. The zero-order chi connectivity index (χ0) is 13.7. The van der Waals surface area contributed by atoms with Crippen molar-refractivity contribution in [1.29, 1.82) is 0 Å². The number of nitrogens with one attached hydrogen (secondary N) is 1. The van der Waals surface area contributed by atoms with Crippen LogP contribution in [-0.4, -0.2) is 30.6 Å². The topological polar surface area (TPSA) is 15.3 Å². The van der Waals surface area contributed by atoms with Crippen molar-refractivity contribution >= 4 is 15.9 Å².